The summed E-state index contributed by atoms with van der Waals surface area (Å²) in [4.78, 5) is 11.2. The predicted octanol–water partition coefficient (Wildman–Crippen LogP) is 2.96. The number of hydrogen-bond donors (Lipinski definition) is 1. The van der Waals surface area contributed by atoms with Crippen molar-refractivity contribution in [1.29, 1.82) is 0 Å². The van der Waals surface area contributed by atoms with Crippen molar-refractivity contribution < 1.29 is 18.3 Å². The highest BCUT2D eigenvalue weighted by molar-refractivity contribution is 5.90. The molecule has 5 heteroatoms. The average molecular weight is 243 g/mol. The third kappa shape index (κ3) is 3.41. The third-order valence-corrected chi connectivity index (χ3v) is 2.31. The van der Waals surface area contributed by atoms with Gasteiger partial charge in [0.05, 0.1) is 18.4 Å². The summed E-state index contributed by atoms with van der Waals surface area (Å²) in [5.74, 6) is -2.46. The molecule has 0 aliphatic heterocycles. The molecule has 0 saturated heterocycles. The summed E-state index contributed by atoms with van der Waals surface area (Å²) in [6, 6.07) is 1.81. The molecule has 94 valence electrons. The van der Waals surface area contributed by atoms with Crippen LogP contribution < -0.4 is 5.32 Å². The maximum Gasteiger partial charge on any atom is 0.340 e. The molecule has 0 heterocycles. The zero-order valence-corrected chi connectivity index (χ0v) is 9.85. The molecular formula is C12H15F2NO2. The fraction of sp³-hybridized carbons (Fsp3) is 0.417. The Morgan fingerprint density at radius 2 is 2.06 bits per heavy atom. The molecule has 0 spiro atoms. The minimum absolute atomic E-state index is 0.111. The van der Waals surface area contributed by atoms with Gasteiger partial charge in [0.1, 0.15) is 11.6 Å². The second-order valence-electron chi connectivity index (χ2n) is 3.58. The normalized spacial score (nSPS) is 10.1. The molecule has 0 saturated carbocycles. The van der Waals surface area contributed by atoms with Crippen molar-refractivity contribution in [2.45, 2.75) is 19.8 Å². The van der Waals surface area contributed by atoms with Gasteiger partial charge in [-0.25, -0.2) is 13.6 Å². The number of carbonyl (C=O) groups is 1. The fourth-order valence-electron chi connectivity index (χ4n) is 1.35. The monoisotopic (exact) mass is 243 g/mol. The van der Waals surface area contributed by atoms with E-state index in [1.165, 1.54) is 0 Å². The molecule has 3 nitrogen and oxygen atoms in total. The molecule has 1 aromatic carbocycles. The Balaban J connectivity index is 2.93. The lowest BCUT2D eigenvalue weighted by molar-refractivity contribution is 0.0595. The van der Waals surface area contributed by atoms with Gasteiger partial charge in [-0.05, 0) is 12.5 Å². The van der Waals surface area contributed by atoms with E-state index in [1.54, 1.807) is 0 Å². The SMILES string of the molecule is CCCCNc1cc(C(=O)OC)c(F)cc1F. The molecule has 1 N–H and O–H groups in total. The number of hydrogen-bond acceptors (Lipinski definition) is 3. The van der Waals surface area contributed by atoms with Gasteiger partial charge in [0.25, 0.3) is 0 Å². The van der Waals surface area contributed by atoms with Gasteiger partial charge in [0.15, 0.2) is 0 Å². The predicted molar refractivity (Wildman–Crippen MR) is 61.1 cm³/mol. The van der Waals surface area contributed by atoms with Crippen LogP contribution in [0.3, 0.4) is 0 Å². The number of benzene rings is 1. The Kier molecular flexibility index (Phi) is 4.87. The average Bonchev–Trinajstić information content (AvgIpc) is 2.31. The molecule has 0 amide bonds. The van der Waals surface area contributed by atoms with Crippen LogP contribution >= 0.6 is 0 Å². The number of rotatable bonds is 5. The third-order valence-electron chi connectivity index (χ3n) is 2.31. The van der Waals surface area contributed by atoms with Crippen molar-refractivity contribution in [2.24, 2.45) is 0 Å². The molecule has 17 heavy (non-hydrogen) atoms. The Labute approximate surface area is 98.8 Å². The van der Waals surface area contributed by atoms with Crippen molar-refractivity contribution in [3.63, 3.8) is 0 Å². The van der Waals surface area contributed by atoms with Crippen LogP contribution in [0.5, 0.6) is 0 Å². The summed E-state index contributed by atoms with van der Waals surface area (Å²) in [6.07, 6.45) is 1.82. The standard InChI is InChI=1S/C12H15F2NO2/c1-3-4-5-15-11-6-8(12(16)17-2)9(13)7-10(11)14/h6-7,15H,3-5H2,1-2H3. The van der Waals surface area contributed by atoms with E-state index in [1.807, 2.05) is 6.92 Å². The molecule has 0 radical (unpaired) electrons. The van der Waals surface area contributed by atoms with Crippen LogP contribution in [0, 0.1) is 11.6 Å². The molecule has 0 fully saturated rings. The van der Waals surface area contributed by atoms with Crippen molar-refractivity contribution in [1.82, 2.24) is 0 Å². The number of unbranched alkanes of at least 4 members (excludes halogenated alkanes) is 1. The Bertz CT molecular complexity index is 408. The van der Waals surface area contributed by atoms with Gasteiger partial charge in [0, 0.05) is 12.6 Å². The van der Waals surface area contributed by atoms with Gasteiger partial charge >= 0.3 is 5.97 Å². The molecule has 1 rings (SSSR count). The van der Waals surface area contributed by atoms with Gasteiger partial charge in [-0.3, -0.25) is 0 Å². The summed E-state index contributed by atoms with van der Waals surface area (Å²) < 4.78 is 31.1. The van der Waals surface area contributed by atoms with Crippen LogP contribution in [0.4, 0.5) is 14.5 Å². The van der Waals surface area contributed by atoms with Crippen molar-refractivity contribution in [2.75, 3.05) is 19.0 Å². The van der Waals surface area contributed by atoms with E-state index in [-0.39, 0.29) is 11.3 Å². The zero-order valence-electron chi connectivity index (χ0n) is 9.85. The summed E-state index contributed by atoms with van der Waals surface area (Å²) in [5, 5.41) is 2.81. The van der Waals surface area contributed by atoms with Crippen LogP contribution in [-0.2, 0) is 4.74 Å². The molecule has 0 bridgehead atoms. The number of esters is 1. The van der Waals surface area contributed by atoms with Crippen LogP contribution in [-0.4, -0.2) is 19.6 Å². The Hall–Kier alpha value is -1.65. The van der Waals surface area contributed by atoms with E-state index in [2.05, 4.69) is 10.1 Å². The largest absolute Gasteiger partial charge is 0.465 e. The lowest BCUT2D eigenvalue weighted by atomic mass is 10.1. The summed E-state index contributed by atoms with van der Waals surface area (Å²) in [5.41, 5.74) is -0.159. The lowest BCUT2D eigenvalue weighted by Crippen LogP contribution is -2.09. The van der Waals surface area contributed by atoms with Gasteiger partial charge in [-0.2, -0.15) is 0 Å². The maximum absolute atomic E-state index is 13.4. The lowest BCUT2D eigenvalue weighted by Gasteiger charge is -2.09. The molecule has 0 unspecified atom stereocenters. The second kappa shape index (κ2) is 6.18. The number of ether oxygens (including phenoxy) is 1. The van der Waals surface area contributed by atoms with E-state index >= 15 is 0 Å². The van der Waals surface area contributed by atoms with Crippen LogP contribution in [0.15, 0.2) is 12.1 Å². The van der Waals surface area contributed by atoms with E-state index in [0.29, 0.717) is 12.6 Å². The minimum Gasteiger partial charge on any atom is -0.465 e. The van der Waals surface area contributed by atoms with Gasteiger partial charge < -0.3 is 10.1 Å². The van der Waals surface area contributed by atoms with E-state index in [0.717, 1.165) is 26.0 Å². The van der Waals surface area contributed by atoms with E-state index < -0.39 is 17.6 Å². The quantitative estimate of drug-likeness (QED) is 0.638. The summed E-state index contributed by atoms with van der Waals surface area (Å²) >= 11 is 0. The Morgan fingerprint density at radius 3 is 2.65 bits per heavy atom. The van der Waals surface area contributed by atoms with Crippen LogP contribution in [0.1, 0.15) is 30.1 Å². The van der Waals surface area contributed by atoms with Crippen LogP contribution in [0.25, 0.3) is 0 Å². The van der Waals surface area contributed by atoms with Gasteiger partial charge in [0.2, 0.25) is 0 Å². The minimum atomic E-state index is -0.921. The highest BCUT2D eigenvalue weighted by atomic mass is 19.1. The fourth-order valence-corrected chi connectivity index (χ4v) is 1.35. The van der Waals surface area contributed by atoms with Crippen LogP contribution in [0.2, 0.25) is 0 Å². The number of nitrogens with one attached hydrogen (secondary N) is 1. The highest BCUT2D eigenvalue weighted by Crippen LogP contribution is 2.20. The first-order chi connectivity index (χ1) is 8.10. The maximum atomic E-state index is 13.4. The van der Waals surface area contributed by atoms with E-state index in [4.69, 9.17) is 0 Å². The van der Waals surface area contributed by atoms with Crippen molar-refractivity contribution >= 4 is 11.7 Å². The first kappa shape index (κ1) is 13.4. The number of carbonyl (C=O) groups excluding carboxylic acids is 1. The molecule has 0 aromatic heterocycles. The number of halogens is 2. The smallest absolute Gasteiger partial charge is 0.340 e. The Morgan fingerprint density at radius 1 is 1.35 bits per heavy atom. The molecule has 0 aliphatic rings. The topological polar surface area (TPSA) is 38.3 Å². The van der Waals surface area contributed by atoms with E-state index in [9.17, 15) is 13.6 Å². The zero-order chi connectivity index (χ0) is 12.8. The number of anilines is 1. The summed E-state index contributed by atoms with van der Waals surface area (Å²) in [7, 11) is 1.15. The first-order valence-corrected chi connectivity index (χ1v) is 5.41. The summed E-state index contributed by atoms with van der Waals surface area (Å²) in [6.45, 7) is 2.57. The molecule has 1 aromatic rings. The first-order valence-electron chi connectivity index (χ1n) is 5.41. The van der Waals surface area contributed by atoms with Gasteiger partial charge in [-0.15, -0.1) is 0 Å². The number of methoxy groups -OCH3 is 1. The van der Waals surface area contributed by atoms with Crippen molar-refractivity contribution in [3.8, 4) is 0 Å². The highest BCUT2D eigenvalue weighted by Gasteiger charge is 2.16. The molecule has 0 atom stereocenters. The van der Waals surface area contributed by atoms with Crippen molar-refractivity contribution in [3.05, 3.63) is 29.3 Å². The molecule has 0 aliphatic carbocycles. The van der Waals surface area contributed by atoms with Gasteiger partial charge in [-0.1, -0.05) is 13.3 Å². The second-order valence-corrected chi connectivity index (χ2v) is 3.58. The molecular weight excluding hydrogens is 228 g/mol.